The van der Waals surface area contributed by atoms with Crippen molar-refractivity contribution >= 4 is 34.7 Å². The predicted octanol–water partition coefficient (Wildman–Crippen LogP) is 4.97. The molecule has 5 rings (SSSR count). The van der Waals surface area contributed by atoms with Crippen molar-refractivity contribution in [3.05, 3.63) is 71.7 Å². The summed E-state index contributed by atoms with van der Waals surface area (Å²) in [6, 6.07) is 12.2. The lowest BCUT2D eigenvalue weighted by Crippen LogP contribution is -2.26. The molecule has 4 aromatic rings. The summed E-state index contributed by atoms with van der Waals surface area (Å²) in [4.78, 5) is 29.3. The third-order valence-corrected chi connectivity index (χ3v) is 5.96. The molecule has 0 saturated carbocycles. The third-order valence-electron chi connectivity index (χ3n) is 5.96. The summed E-state index contributed by atoms with van der Waals surface area (Å²) in [5, 5.41) is 5.60. The number of carbonyl (C=O) groups excluding carboxylic acids is 2. The molecule has 0 spiro atoms. The topological polar surface area (TPSA) is 77.3 Å². The van der Waals surface area contributed by atoms with Crippen LogP contribution < -0.4 is 4.90 Å². The fraction of sp³-hybridized carbons (Fsp3) is 0.200. The van der Waals surface area contributed by atoms with Gasteiger partial charge in [-0.1, -0.05) is 24.3 Å². The molecule has 1 aliphatic rings. The van der Waals surface area contributed by atoms with Crippen LogP contribution in [0.3, 0.4) is 0 Å². The Morgan fingerprint density at radius 3 is 2.76 bits per heavy atom. The largest absolute Gasteiger partial charge is 0.391 e. The molecule has 0 saturated heterocycles. The summed E-state index contributed by atoms with van der Waals surface area (Å²) in [7, 11) is 1.74. The molecule has 2 aromatic heterocycles. The number of fused-ring (bicyclic) bond motifs is 2. The van der Waals surface area contributed by atoms with Gasteiger partial charge in [0.05, 0.1) is 6.20 Å². The lowest BCUT2D eigenvalue weighted by atomic mass is 9.93. The molecule has 172 valence electrons. The van der Waals surface area contributed by atoms with Gasteiger partial charge in [-0.15, -0.1) is 0 Å². The maximum atomic E-state index is 14.2. The number of rotatable bonds is 5. The first kappa shape index (κ1) is 21.7. The minimum Gasteiger partial charge on any atom is -0.391 e. The van der Waals surface area contributed by atoms with Crippen molar-refractivity contribution in [2.24, 2.45) is 7.05 Å². The van der Waals surface area contributed by atoms with E-state index in [1.807, 2.05) is 29.2 Å². The number of halogens is 2. The number of hydrogen-bond donors (Lipinski definition) is 0. The van der Waals surface area contributed by atoms with Crippen LogP contribution in [0.25, 0.3) is 21.9 Å². The molecule has 0 atom stereocenters. The van der Waals surface area contributed by atoms with E-state index in [-0.39, 0.29) is 17.7 Å². The summed E-state index contributed by atoms with van der Waals surface area (Å²) in [5.41, 5.74) is 2.46. The van der Waals surface area contributed by atoms with E-state index >= 15 is 0 Å². The van der Waals surface area contributed by atoms with Crippen molar-refractivity contribution in [3.63, 3.8) is 0 Å². The fourth-order valence-electron chi connectivity index (χ4n) is 4.45. The summed E-state index contributed by atoms with van der Waals surface area (Å²) >= 11 is 0. The molecule has 7 nitrogen and oxygen atoms in total. The van der Waals surface area contributed by atoms with Crippen LogP contribution >= 0.6 is 0 Å². The Hall–Kier alpha value is -4.14. The molecule has 0 unspecified atom stereocenters. The van der Waals surface area contributed by atoms with Crippen molar-refractivity contribution < 1.29 is 23.1 Å². The molecular formula is C25H20F2N4O3. The highest BCUT2D eigenvalue weighted by Gasteiger charge is 2.27. The Morgan fingerprint density at radius 2 is 2.03 bits per heavy atom. The zero-order valence-corrected chi connectivity index (χ0v) is 18.2. The van der Waals surface area contributed by atoms with Gasteiger partial charge in [-0.05, 0) is 47.6 Å². The Morgan fingerprint density at radius 1 is 1.21 bits per heavy atom. The molecule has 9 heteroatoms. The van der Waals surface area contributed by atoms with E-state index in [1.54, 1.807) is 36.3 Å². The van der Waals surface area contributed by atoms with Crippen molar-refractivity contribution in [1.82, 2.24) is 14.8 Å². The predicted molar refractivity (Wildman–Crippen MR) is 122 cm³/mol. The highest BCUT2D eigenvalue weighted by atomic mass is 19.3. The molecule has 3 heterocycles. The monoisotopic (exact) mass is 462 g/mol. The van der Waals surface area contributed by atoms with Gasteiger partial charge in [0.1, 0.15) is 5.82 Å². The summed E-state index contributed by atoms with van der Waals surface area (Å²) in [6.45, 7) is 0.592. The van der Waals surface area contributed by atoms with E-state index in [0.29, 0.717) is 35.6 Å². The smallest absolute Gasteiger partial charge is 0.364 e. The van der Waals surface area contributed by atoms with Crippen molar-refractivity contribution in [3.8, 4) is 11.1 Å². The van der Waals surface area contributed by atoms with Gasteiger partial charge in [0.15, 0.2) is 5.69 Å². The van der Waals surface area contributed by atoms with Gasteiger partial charge in [-0.3, -0.25) is 9.48 Å². The molecule has 0 aliphatic carbocycles. The number of hydrogen-bond acceptors (Lipinski definition) is 6. The minimum absolute atomic E-state index is 0.0333. The van der Waals surface area contributed by atoms with Crippen LogP contribution in [0.1, 0.15) is 34.5 Å². The number of carbonyl (C=O) groups is 2. The standard InChI is InChI=1S/C25H20F2N4O3/c1-30-13-17(12-28-30)19-9-16-6-4-8-31(22(16)11-20(19)23(26)27)24-18-7-3-2-5-15(18)10-21(29-24)25(33)34-14-32/h2-3,5,7,9-14,23H,4,6,8H2,1H3. The SMILES string of the molecule is Cn1cc(-c2cc3c(cc2C(F)F)N(c2nc(C(=O)OC=O)cc4ccccc24)CCC3)cn1. The van der Waals surface area contributed by atoms with E-state index in [2.05, 4.69) is 14.8 Å². The number of nitrogens with zero attached hydrogens (tertiary/aromatic N) is 4. The summed E-state index contributed by atoms with van der Waals surface area (Å²) in [6.07, 6.45) is 2.08. The van der Waals surface area contributed by atoms with Crippen molar-refractivity contribution in [2.75, 3.05) is 11.4 Å². The molecule has 34 heavy (non-hydrogen) atoms. The van der Waals surface area contributed by atoms with Gasteiger partial charge in [-0.25, -0.2) is 18.6 Å². The van der Waals surface area contributed by atoms with Gasteiger partial charge >= 0.3 is 12.4 Å². The van der Waals surface area contributed by atoms with Crippen LogP contribution in [0.5, 0.6) is 0 Å². The Bertz CT molecular complexity index is 1420. The zero-order valence-electron chi connectivity index (χ0n) is 18.2. The second-order valence-electron chi connectivity index (χ2n) is 8.08. The summed E-state index contributed by atoms with van der Waals surface area (Å²) in [5.74, 6) is -0.425. The minimum atomic E-state index is -2.69. The Labute approximate surface area is 193 Å². The number of esters is 1. The quantitative estimate of drug-likeness (QED) is 0.237. The van der Waals surface area contributed by atoms with Crippen LogP contribution in [-0.4, -0.2) is 33.8 Å². The second-order valence-corrected chi connectivity index (χ2v) is 8.08. The number of anilines is 2. The number of aromatic nitrogens is 3. The number of ether oxygens (including phenoxy) is 1. The lowest BCUT2D eigenvalue weighted by Gasteiger charge is -2.32. The Balaban J connectivity index is 1.70. The van der Waals surface area contributed by atoms with Crippen LogP contribution in [0, 0.1) is 0 Å². The van der Waals surface area contributed by atoms with Gasteiger partial charge in [-0.2, -0.15) is 5.10 Å². The first-order chi connectivity index (χ1) is 16.5. The molecular weight excluding hydrogens is 442 g/mol. The van der Waals surface area contributed by atoms with Crippen LogP contribution in [-0.2, 0) is 23.0 Å². The van der Waals surface area contributed by atoms with E-state index < -0.39 is 12.4 Å². The molecule has 0 bridgehead atoms. The van der Waals surface area contributed by atoms with E-state index in [1.165, 1.54) is 6.07 Å². The molecule has 1 aliphatic heterocycles. The number of alkyl halides is 2. The first-order valence-corrected chi connectivity index (χ1v) is 10.7. The van der Waals surface area contributed by atoms with Gasteiger partial charge in [0, 0.05) is 42.0 Å². The van der Waals surface area contributed by atoms with Gasteiger partial charge in [0.2, 0.25) is 0 Å². The Kier molecular flexibility index (Phi) is 5.53. The highest BCUT2D eigenvalue weighted by Crippen LogP contribution is 2.42. The molecule has 0 radical (unpaired) electrons. The van der Waals surface area contributed by atoms with E-state index in [9.17, 15) is 18.4 Å². The van der Waals surface area contributed by atoms with Gasteiger partial charge < -0.3 is 9.64 Å². The molecule has 0 fully saturated rings. The highest BCUT2D eigenvalue weighted by molar-refractivity contribution is 6.01. The zero-order chi connectivity index (χ0) is 23.8. The van der Waals surface area contributed by atoms with Crippen molar-refractivity contribution in [1.29, 1.82) is 0 Å². The lowest BCUT2D eigenvalue weighted by molar-refractivity contribution is -0.123. The average Bonchev–Trinajstić information content (AvgIpc) is 3.28. The van der Waals surface area contributed by atoms with Crippen LogP contribution in [0.15, 0.2) is 54.9 Å². The van der Waals surface area contributed by atoms with Crippen LogP contribution in [0.2, 0.25) is 0 Å². The van der Waals surface area contributed by atoms with E-state index in [0.717, 1.165) is 22.8 Å². The maximum Gasteiger partial charge on any atom is 0.364 e. The molecule has 2 aromatic carbocycles. The van der Waals surface area contributed by atoms with E-state index in [4.69, 9.17) is 0 Å². The number of benzene rings is 2. The maximum absolute atomic E-state index is 14.2. The summed E-state index contributed by atoms with van der Waals surface area (Å²) < 4.78 is 34.4. The third kappa shape index (κ3) is 3.79. The molecule has 0 N–H and O–H groups in total. The number of pyridine rings is 1. The first-order valence-electron chi connectivity index (χ1n) is 10.7. The average molecular weight is 462 g/mol. The van der Waals surface area contributed by atoms with Crippen LogP contribution in [0.4, 0.5) is 20.3 Å². The molecule has 0 amide bonds. The fourth-order valence-corrected chi connectivity index (χ4v) is 4.45. The van der Waals surface area contributed by atoms with Gasteiger partial charge in [0.25, 0.3) is 6.43 Å². The van der Waals surface area contributed by atoms with Crippen molar-refractivity contribution in [2.45, 2.75) is 19.3 Å². The normalized spacial score (nSPS) is 13.2. The number of aryl methyl sites for hydroxylation is 2. The second kappa shape index (κ2) is 8.66.